The van der Waals surface area contributed by atoms with E-state index in [9.17, 15) is 9.18 Å². The van der Waals surface area contributed by atoms with E-state index in [0.717, 1.165) is 10.2 Å². The van der Waals surface area contributed by atoms with Crippen LogP contribution in [-0.2, 0) is 6.54 Å². The van der Waals surface area contributed by atoms with Crippen molar-refractivity contribution in [1.82, 2.24) is 10.3 Å². The Hall–Kier alpha value is -2.47. The van der Waals surface area contributed by atoms with Gasteiger partial charge in [-0.05, 0) is 24.3 Å². The summed E-state index contributed by atoms with van der Waals surface area (Å²) in [7, 11) is 0. The number of anilines is 1. The van der Waals surface area contributed by atoms with E-state index in [-0.39, 0.29) is 18.3 Å². The van der Waals surface area contributed by atoms with Gasteiger partial charge in [0.15, 0.2) is 5.13 Å². The van der Waals surface area contributed by atoms with Crippen molar-refractivity contribution in [2.24, 2.45) is 0 Å². The lowest BCUT2D eigenvalue weighted by molar-refractivity contribution is 0.0951. The molecule has 0 radical (unpaired) electrons. The molecule has 0 bridgehead atoms. The average Bonchev–Trinajstić information content (AvgIpc) is 2.85. The molecule has 1 aromatic heterocycles. The molecule has 0 saturated heterocycles. The van der Waals surface area contributed by atoms with Crippen LogP contribution < -0.4 is 11.1 Å². The van der Waals surface area contributed by atoms with E-state index < -0.39 is 0 Å². The van der Waals surface area contributed by atoms with Crippen LogP contribution in [0.25, 0.3) is 10.2 Å². The van der Waals surface area contributed by atoms with Gasteiger partial charge in [-0.2, -0.15) is 0 Å². The summed E-state index contributed by atoms with van der Waals surface area (Å²) in [6.07, 6.45) is 0. The SMILES string of the molecule is Nc1nc2ccc(C(=O)NCc3ccccc3F)cc2s1. The molecule has 2 aromatic carbocycles. The second kappa shape index (κ2) is 5.49. The van der Waals surface area contributed by atoms with Gasteiger partial charge >= 0.3 is 0 Å². The van der Waals surface area contributed by atoms with Crippen LogP contribution in [0.4, 0.5) is 9.52 Å². The van der Waals surface area contributed by atoms with E-state index in [1.54, 1.807) is 36.4 Å². The van der Waals surface area contributed by atoms with E-state index in [2.05, 4.69) is 10.3 Å². The van der Waals surface area contributed by atoms with Crippen LogP contribution in [0.3, 0.4) is 0 Å². The quantitative estimate of drug-likeness (QED) is 0.781. The molecule has 0 aliphatic carbocycles. The minimum atomic E-state index is -0.330. The number of halogens is 1. The van der Waals surface area contributed by atoms with Gasteiger partial charge in [0.1, 0.15) is 5.82 Å². The Morgan fingerprint density at radius 3 is 2.90 bits per heavy atom. The number of nitrogens with zero attached hydrogens (tertiary/aromatic N) is 1. The van der Waals surface area contributed by atoms with Crippen LogP contribution >= 0.6 is 11.3 Å². The van der Waals surface area contributed by atoms with Crippen LogP contribution in [-0.4, -0.2) is 10.9 Å². The van der Waals surface area contributed by atoms with E-state index in [1.807, 2.05) is 0 Å². The highest BCUT2D eigenvalue weighted by Crippen LogP contribution is 2.24. The zero-order chi connectivity index (χ0) is 14.8. The van der Waals surface area contributed by atoms with Gasteiger partial charge in [-0.15, -0.1) is 0 Å². The summed E-state index contributed by atoms with van der Waals surface area (Å²) in [5, 5.41) is 3.17. The third-order valence-corrected chi connectivity index (χ3v) is 3.91. The maximum Gasteiger partial charge on any atom is 0.251 e. The Balaban J connectivity index is 1.76. The Kier molecular flexibility index (Phi) is 3.53. The second-order valence-corrected chi connectivity index (χ2v) is 5.57. The second-order valence-electron chi connectivity index (χ2n) is 4.51. The lowest BCUT2D eigenvalue weighted by Crippen LogP contribution is -2.23. The first kappa shape index (κ1) is 13.5. The van der Waals surface area contributed by atoms with E-state index >= 15 is 0 Å². The van der Waals surface area contributed by atoms with Crippen molar-refractivity contribution in [2.75, 3.05) is 5.73 Å². The number of nitrogens with two attached hydrogens (primary N) is 1. The predicted octanol–water partition coefficient (Wildman–Crippen LogP) is 2.95. The first-order valence-electron chi connectivity index (χ1n) is 6.31. The van der Waals surface area contributed by atoms with Crippen molar-refractivity contribution in [2.45, 2.75) is 6.54 Å². The number of hydrogen-bond donors (Lipinski definition) is 2. The summed E-state index contributed by atoms with van der Waals surface area (Å²) in [6.45, 7) is 0.147. The summed E-state index contributed by atoms with van der Waals surface area (Å²) in [5.41, 5.74) is 7.36. The molecule has 0 saturated carbocycles. The highest BCUT2D eigenvalue weighted by Gasteiger charge is 2.09. The molecule has 3 rings (SSSR count). The normalized spacial score (nSPS) is 10.7. The monoisotopic (exact) mass is 301 g/mol. The van der Waals surface area contributed by atoms with E-state index in [0.29, 0.717) is 16.3 Å². The van der Waals surface area contributed by atoms with E-state index in [4.69, 9.17) is 5.73 Å². The Bertz CT molecular complexity index is 816. The van der Waals surface area contributed by atoms with Crippen LogP contribution in [0.2, 0.25) is 0 Å². The van der Waals surface area contributed by atoms with Gasteiger partial charge in [0.2, 0.25) is 0 Å². The molecule has 0 fully saturated rings. The van der Waals surface area contributed by atoms with Gasteiger partial charge in [-0.1, -0.05) is 29.5 Å². The molecule has 6 heteroatoms. The van der Waals surface area contributed by atoms with Gasteiger partial charge in [0.05, 0.1) is 10.2 Å². The fourth-order valence-corrected chi connectivity index (χ4v) is 2.78. The summed E-state index contributed by atoms with van der Waals surface area (Å²) >= 11 is 1.33. The Morgan fingerprint density at radius 1 is 1.29 bits per heavy atom. The number of hydrogen-bond acceptors (Lipinski definition) is 4. The molecule has 0 atom stereocenters. The van der Waals surface area contributed by atoms with Crippen molar-refractivity contribution in [3.8, 4) is 0 Å². The standard InChI is InChI=1S/C15H12FN3OS/c16-11-4-2-1-3-10(11)8-18-14(20)9-5-6-12-13(7-9)21-15(17)19-12/h1-7H,8H2,(H2,17,19)(H,18,20). The number of amides is 1. The first-order chi connectivity index (χ1) is 10.1. The fourth-order valence-electron chi connectivity index (χ4n) is 2.00. The topological polar surface area (TPSA) is 68.0 Å². The molecule has 3 aromatic rings. The molecular formula is C15H12FN3OS. The highest BCUT2D eigenvalue weighted by atomic mass is 32.1. The van der Waals surface area contributed by atoms with Crippen LogP contribution in [0.15, 0.2) is 42.5 Å². The number of carbonyl (C=O) groups is 1. The summed E-state index contributed by atoms with van der Waals surface area (Å²) in [6, 6.07) is 11.5. The van der Waals surface area contributed by atoms with Gasteiger partial charge in [0, 0.05) is 17.7 Å². The number of thiazole rings is 1. The van der Waals surface area contributed by atoms with Crippen LogP contribution in [0.1, 0.15) is 15.9 Å². The molecular weight excluding hydrogens is 289 g/mol. The maximum absolute atomic E-state index is 13.5. The summed E-state index contributed by atoms with van der Waals surface area (Å²) in [5.74, 6) is -0.587. The van der Waals surface area contributed by atoms with Crippen molar-refractivity contribution in [3.05, 3.63) is 59.4 Å². The maximum atomic E-state index is 13.5. The van der Waals surface area contributed by atoms with Crippen molar-refractivity contribution in [1.29, 1.82) is 0 Å². The van der Waals surface area contributed by atoms with Gasteiger partial charge in [0.25, 0.3) is 5.91 Å². The molecule has 1 amide bonds. The number of nitrogen functional groups attached to an aromatic ring is 1. The Labute approximate surface area is 124 Å². The first-order valence-corrected chi connectivity index (χ1v) is 7.13. The smallest absolute Gasteiger partial charge is 0.251 e. The molecule has 3 N–H and O–H groups in total. The molecule has 1 heterocycles. The molecule has 21 heavy (non-hydrogen) atoms. The molecule has 0 spiro atoms. The average molecular weight is 301 g/mol. The molecule has 0 aliphatic heterocycles. The third-order valence-electron chi connectivity index (χ3n) is 3.06. The van der Waals surface area contributed by atoms with Gasteiger partial charge in [-0.25, -0.2) is 9.37 Å². The molecule has 0 aliphatic rings. The number of fused-ring (bicyclic) bond motifs is 1. The van der Waals surface area contributed by atoms with Crippen LogP contribution in [0.5, 0.6) is 0 Å². The van der Waals surface area contributed by atoms with E-state index in [1.165, 1.54) is 17.4 Å². The number of nitrogens with one attached hydrogen (secondary N) is 1. The van der Waals surface area contributed by atoms with Crippen molar-refractivity contribution < 1.29 is 9.18 Å². The third kappa shape index (κ3) is 2.85. The van der Waals surface area contributed by atoms with Crippen LogP contribution in [0, 0.1) is 5.82 Å². The minimum absolute atomic E-state index is 0.147. The molecule has 0 unspecified atom stereocenters. The number of carbonyl (C=O) groups excluding carboxylic acids is 1. The summed E-state index contributed by atoms with van der Waals surface area (Å²) < 4.78 is 14.3. The lowest BCUT2D eigenvalue weighted by atomic mass is 10.2. The highest BCUT2D eigenvalue weighted by molar-refractivity contribution is 7.22. The van der Waals surface area contributed by atoms with Crippen molar-refractivity contribution >= 4 is 32.6 Å². The molecule has 106 valence electrons. The molecule has 4 nitrogen and oxygen atoms in total. The van der Waals surface area contributed by atoms with Gasteiger partial charge in [-0.3, -0.25) is 4.79 Å². The number of aromatic nitrogens is 1. The van der Waals surface area contributed by atoms with Gasteiger partial charge < -0.3 is 11.1 Å². The summed E-state index contributed by atoms with van der Waals surface area (Å²) in [4.78, 5) is 16.2. The largest absolute Gasteiger partial charge is 0.375 e. The zero-order valence-corrected chi connectivity index (χ0v) is 11.8. The number of benzene rings is 2. The minimum Gasteiger partial charge on any atom is -0.375 e. The van der Waals surface area contributed by atoms with Crippen molar-refractivity contribution in [3.63, 3.8) is 0 Å². The fraction of sp³-hybridized carbons (Fsp3) is 0.0667. The number of rotatable bonds is 3. The zero-order valence-electron chi connectivity index (χ0n) is 11.0. The lowest BCUT2D eigenvalue weighted by Gasteiger charge is -2.06. The Morgan fingerprint density at radius 2 is 2.10 bits per heavy atom. The predicted molar refractivity (Wildman–Crippen MR) is 81.6 cm³/mol.